The van der Waals surface area contributed by atoms with E-state index in [1.807, 2.05) is 38.1 Å². The minimum Gasteiger partial charge on any atom is -0.355 e. The Morgan fingerprint density at radius 1 is 1.09 bits per heavy atom. The maximum atomic E-state index is 13.2. The van der Waals surface area contributed by atoms with Gasteiger partial charge in [-0.1, -0.05) is 41.9 Å². The fourth-order valence-electron chi connectivity index (χ4n) is 3.52. The molecule has 7 nitrogen and oxygen atoms in total. The van der Waals surface area contributed by atoms with Gasteiger partial charge < -0.3 is 10.2 Å². The number of halogens is 1. The standard InChI is InChI=1S/C24H32ClN3O4S/c1-5-26-24(30)19(3)27(17-20-12-14-21(25)15-13-20)23(29)11-8-16-28(33(4,31)32)22-10-7-6-9-18(22)2/h6-7,9-10,12-15,19H,5,8,11,16-17H2,1-4H3,(H,26,30)/t19-/m1/s1. The number of nitrogens with zero attached hydrogens (tertiary/aromatic N) is 2. The molecule has 180 valence electrons. The summed E-state index contributed by atoms with van der Waals surface area (Å²) in [6.45, 7) is 6.24. The number of likely N-dealkylation sites (N-methyl/N-ethyl adjacent to an activating group) is 1. The van der Waals surface area contributed by atoms with E-state index in [9.17, 15) is 18.0 Å². The molecule has 9 heteroatoms. The molecule has 2 aromatic rings. The number of rotatable bonds is 11. The number of anilines is 1. The minimum absolute atomic E-state index is 0.106. The largest absolute Gasteiger partial charge is 0.355 e. The summed E-state index contributed by atoms with van der Waals surface area (Å²) < 4.78 is 26.1. The third-order valence-corrected chi connectivity index (χ3v) is 6.75. The number of para-hydroxylation sites is 1. The molecule has 33 heavy (non-hydrogen) atoms. The lowest BCUT2D eigenvalue weighted by molar-refractivity contribution is -0.140. The molecule has 0 aliphatic heterocycles. The second-order valence-corrected chi connectivity index (χ2v) is 10.3. The highest BCUT2D eigenvalue weighted by atomic mass is 35.5. The number of aryl methyl sites for hydroxylation is 1. The number of hydrogen-bond donors (Lipinski definition) is 1. The molecule has 0 fully saturated rings. The normalized spacial score (nSPS) is 12.2. The number of nitrogens with one attached hydrogen (secondary N) is 1. The van der Waals surface area contributed by atoms with Crippen molar-refractivity contribution in [2.45, 2.75) is 46.2 Å². The van der Waals surface area contributed by atoms with Crippen molar-refractivity contribution < 1.29 is 18.0 Å². The van der Waals surface area contributed by atoms with E-state index in [0.29, 0.717) is 23.7 Å². The molecule has 0 bridgehead atoms. The maximum absolute atomic E-state index is 13.2. The highest BCUT2D eigenvalue weighted by Crippen LogP contribution is 2.23. The first-order chi connectivity index (χ1) is 15.5. The van der Waals surface area contributed by atoms with Crippen LogP contribution < -0.4 is 9.62 Å². The minimum atomic E-state index is -3.52. The van der Waals surface area contributed by atoms with Crippen LogP contribution in [0.15, 0.2) is 48.5 Å². The second kappa shape index (κ2) is 12.0. The summed E-state index contributed by atoms with van der Waals surface area (Å²) >= 11 is 5.96. The van der Waals surface area contributed by atoms with Crippen molar-refractivity contribution in [2.75, 3.05) is 23.7 Å². The Balaban J connectivity index is 2.15. The van der Waals surface area contributed by atoms with Gasteiger partial charge in [-0.2, -0.15) is 0 Å². The Morgan fingerprint density at radius 3 is 2.30 bits per heavy atom. The van der Waals surface area contributed by atoms with Gasteiger partial charge in [-0.15, -0.1) is 0 Å². The molecule has 2 aromatic carbocycles. The predicted molar refractivity (Wildman–Crippen MR) is 133 cm³/mol. The van der Waals surface area contributed by atoms with E-state index in [-0.39, 0.29) is 31.3 Å². The van der Waals surface area contributed by atoms with Crippen LogP contribution in [0.3, 0.4) is 0 Å². The van der Waals surface area contributed by atoms with Crippen molar-refractivity contribution in [1.82, 2.24) is 10.2 Å². The van der Waals surface area contributed by atoms with Gasteiger partial charge in [0, 0.05) is 31.1 Å². The van der Waals surface area contributed by atoms with Crippen LogP contribution in [0.5, 0.6) is 0 Å². The molecule has 0 aliphatic carbocycles. The van der Waals surface area contributed by atoms with Crippen molar-refractivity contribution in [3.63, 3.8) is 0 Å². The fraction of sp³-hybridized carbons (Fsp3) is 0.417. The molecule has 1 N–H and O–H groups in total. The number of benzene rings is 2. The van der Waals surface area contributed by atoms with Crippen LogP contribution in [0, 0.1) is 6.92 Å². The first-order valence-electron chi connectivity index (χ1n) is 10.9. The molecule has 2 rings (SSSR count). The smallest absolute Gasteiger partial charge is 0.242 e. The lowest BCUT2D eigenvalue weighted by atomic mass is 10.1. The van der Waals surface area contributed by atoms with Crippen molar-refractivity contribution in [3.05, 3.63) is 64.7 Å². The summed E-state index contributed by atoms with van der Waals surface area (Å²) in [7, 11) is -3.52. The molecule has 0 spiro atoms. The van der Waals surface area contributed by atoms with Crippen LogP contribution in [-0.4, -0.2) is 50.5 Å². The molecule has 0 unspecified atom stereocenters. The number of carbonyl (C=O) groups excluding carboxylic acids is 2. The average molecular weight is 494 g/mol. The van der Waals surface area contributed by atoms with Gasteiger partial charge in [-0.25, -0.2) is 8.42 Å². The van der Waals surface area contributed by atoms with Crippen LogP contribution in [0.25, 0.3) is 0 Å². The summed E-state index contributed by atoms with van der Waals surface area (Å²) in [5.74, 6) is -0.459. The number of hydrogen-bond acceptors (Lipinski definition) is 4. The molecule has 2 amide bonds. The van der Waals surface area contributed by atoms with E-state index in [0.717, 1.165) is 17.4 Å². The number of amides is 2. The van der Waals surface area contributed by atoms with Crippen LogP contribution in [0.2, 0.25) is 5.02 Å². The van der Waals surface area contributed by atoms with Gasteiger partial charge >= 0.3 is 0 Å². The van der Waals surface area contributed by atoms with Gasteiger partial charge in [0.1, 0.15) is 6.04 Å². The quantitative estimate of drug-likeness (QED) is 0.516. The summed E-state index contributed by atoms with van der Waals surface area (Å²) in [5.41, 5.74) is 2.28. The summed E-state index contributed by atoms with van der Waals surface area (Å²) in [4.78, 5) is 27.1. The average Bonchev–Trinajstić information content (AvgIpc) is 2.76. The first kappa shape index (κ1) is 26.7. The maximum Gasteiger partial charge on any atom is 0.242 e. The SMILES string of the molecule is CCNC(=O)[C@@H](C)N(Cc1ccc(Cl)cc1)C(=O)CCCN(c1ccccc1C)S(C)(=O)=O. The van der Waals surface area contributed by atoms with Crippen LogP contribution in [-0.2, 0) is 26.2 Å². The van der Waals surface area contributed by atoms with Gasteiger partial charge in [0.25, 0.3) is 0 Å². The van der Waals surface area contributed by atoms with E-state index < -0.39 is 16.1 Å². The number of sulfonamides is 1. The summed E-state index contributed by atoms with van der Waals surface area (Å²) in [6, 6.07) is 13.7. The zero-order valence-electron chi connectivity index (χ0n) is 19.5. The van der Waals surface area contributed by atoms with E-state index in [1.54, 1.807) is 31.2 Å². The molecular weight excluding hydrogens is 462 g/mol. The van der Waals surface area contributed by atoms with Gasteiger partial charge in [-0.05, 0) is 56.5 Å². The molecule has 0 aliphatic rings. The highest BCUT2D eigenvalue weighted by molar-refractivity contribution is 7.92. The molecular formula is C24H32ClN3O4S. The summed E-state index contributed by atoms with van der Waals surface area (Å²) in [5, 5.41) is 3.34. The van der Waals surface area contributed by atoms with Crippen molar-refractivity contribution in [3.8, 4) is 0 Å². The zero-order chi connectivity index (χ0) is 24.6. The fourth-order valence-corrected chi connectivity index (χ4v) is 4.67. The topological polar surface area (TPSA) is 86.8 Å². The summed E-state index contributed by atoms with van der Waals surface area (Å²) in [6.07, 6.45) is 1.58. The van der Waals surface area contributed by atoms with Crippen molar-refractivity contribution in [1.29, 1.82) is 0 Å². The van der Waals surface area contributed by atoms with Gasteiger partial charge in [0.15, 0.2) is 0 Å². The van der Waals surface area contributed by atoms with Gasteiger partial charge in [0.2, 0.25) is 21.8 Å². The van der Waals surface area contributed by atoms with Crippen LogP contribution in [0.1, 0.15) is 37.8 Å². The van der Waals surface area contributed by atoms with Crippen LogP contribution >= 0.6 is 11.6 Å². The molecule has 0 saturated heterocycles. The Bertz CT molecular complexity index is 1060. The lowest BCUT2D eigenvalue weighted by Crippen LogP contribution is -2.47. The van der Waals surface area contributed by atoms with Gasteiger partial charge in [-0.3, -0.25) is 13.9 Å². The Morgan fingerprint density at radius 2 is 1.73 bits per heavy atom. The monoisotopic (exact) mass is 493 g/mol. The van der Waals surface area contributed by atoms with E-state index >= 15 is 0 Å². The Kier molecular flexibility index (Phi) is 9.73. The van der Waals surface area contributed by atoms with E-state index in [4.69, 9.17) is 11.6 Å². The molecule has 0 heterocycles. The lowest BCUT2D eigenvalue weighted by Gasteiger charge is -2.29. The molecule has 0 aromatic heterocycles. The molecule has 0 saturated carbocycles. The molecule has 1 atom stereocenters. The van der Waals surface area contributed by atoms with Crippen LogP contribution in [0.4, 0.5) is 5.69 Å². The highest BCUT2D eigenvalue weighted by Gasteiger charge is 2.26. The third-order valence-electron chi connectivity index (χ3n) is 5.32. The van der Waals surface area contributed by atoms with Gasteiger partial charge in [0.05, 0.1) is 11.9 Å². The molecule has 0 radical (unpaired) electrons. The second-order valence-electron chi connectivity index (χ2n) is 7.94. The Labute approximate surface area is 201 Å². The number of carbonyl (C=O) groups is 2. The van der Waals surface area contributed by atoms with Crippen molar-refractivity contribution >= 4 is 39.1 Å². The third kappa shape index (κ3) is 7.75. The zero-order valence-corrected chi connectivity index (χ0v) is 21.1. The predicted octanol–water partition coefficient (Wildman–Crippen LogP) is 3.75. The van der Waals surface area contributed by atoms with E-state index in [2.05, 4.69) is 5.32 Å². The van der Waals surface area contributed by atoms with Crippen molar-refractivity contribution in [2.24, 2.45) is 0 Å². The Hall–Kier alpha value is -2.58. The van der Waals surface area contributed by atoms with E-state index in [1.165, 1.54) is 9.21 Å². The first-order valence-corrected chi connectivity index (χ1v) is 13.1.